The molecule has 150 valence electrons. The van der Waals surface area contributed by atoms with Crippen molar-refractivity contribution >= 4 is 5.91 Å². The van der Waals surface area contributed by atoms with E-state index in [9.17, 15) is 4.79 Å². The fourth-order valence-corrected chi connectivity index (χ4v) is 3.47. The van der Waals surface area contributed by atoms with Crippen LogP contribution in [0.2, 0.25) is 0 Å². The largest absolute Gasteiger partial charge is 0.481 e. The molecule has 3 aromatic rings. The Balaban J connectivity index is 1.83. The second kappa shape index (κ2) is 9.42. The minimum atomic E-state index is -0.606. The van der Waals surface area contributed by atoms with Crippen LogP contribution in [0, 0.1) is 6.92 Å². The highest BCUT2D eigenvalue weighted by molar-refractivity contribution is 5.81. The van der Waals surface area contributed by atoms with Gasteiger partial charge in [0.2, 0.25) is 0 Å². The molecule has 0 heterocycles. The molecule has 0 spiro atoms. The third kappa shape index (κ3) is 5.05. The standard InChI is InChI=1S/C26H29NO2/c1-18(2)22-15-10-11-17-24(22)29-20(4)26(28)27-25(21-13-6-5-7-14-21)23-16-9-8-12-19(23)3/h5-18,20,25H,1-4H3,(H,27,28)/t20-,25+/m0/s1. The van der Waals surface area contributed by atoms with Gasteiger partial charge in [-0.3, -0.25) is 4.79 Å². The van der Waals surface area contributed by atoms with Gasteiger partial charge in [-0.2, -0.15) is 0 Å². The van der Waals surface area contributed by atoms with E-state index in [1.165, 1.54) is 0 Å². The molecule has 0 aliphatic heterocycles. The van der Waals surface area contributed by atoms with Crippen LogP contribution >= 0.6 is 0 Å². The van der Waals surface area contributed by atoms with Gasteiger partial charge < -0.3 is 10.1 Å². The summed E-state index contributed by atoms with van der Waals surface area (Å²) in [5, 5.41) is 3.20. The molecule has 0 saturated heterocycles. The van der Waals surface area contributed by atoms with Gasteiger partial charge in [-0.25, -0.2) is 0 Å². The van der Waals surface area contributed by atoms with E-state index in [0.717, 1.165) is 28.0 Å². The number of hydrogen-bond acceptors (Lipinski definition) is 2. The maximum absolute atomic E-state index is 13.1. The lowest BCUT2D eigenvalue weighted by atomic mass is 9.95. The number of carbonyl (C=O) groups excluding carboxylic acids is 1. The number of nitrogens with one attached hydrogen (secondary N) is 1. The first-order valence-electron chi connectivity index (χ1n) is 10.1. The lowest BCUT2D eigenvalue weighted by Gasteiger charge is -2.24. The van der Waals surface area contributed by atoms with Crippen LogP contribution < -0.4 is 10.1 Å². The summed E-state index contributed by atoms with van der Waals surface area (Å²) in [7, 11) is 0. The van der Waals surface area contributed by atoms with Gasteiger partial charge in [-0.15, -0.1) is 0 Å². The molecule has 3 aromatic carbocycles. The van der Waals surface area contributed by atoms with Crippen LogP contribution in [0.25, 0.3) is 0 Å². The van der Waals surface area contributed by atoms with Crippen LogP contribution in [0.15, 0.2) is 78.9 Å². The van der Waals surface area contributed by atoms with Crippen LogP contribution in [-0.2, 0) is 4.79 Å². The maximum atomic E-state index is 13.1. The van der Waals surface area contributed by atoms with Crippen LogP contribution in [0.5, 0.6) is 5.75 Å². The average molecular weight is 388 g/mol. The van der Waals surface area contributed by atoms with Gasteiger partial charge in [-0.1, -0.05) is 86.6 Å². The molecule has 3 nitrogen and oxygen atoms in total. The lowest BCUT2D eigenvalue weighted by molar-refractivity contribution is -0.127. The molecule has 1 amide bonds. The van der Waals surface area contributed by atoms with Crippen molar-refractivity contribution in [3.05, 3.63) is 101 Å². The fraction of sp³-hybridized carbons (Fsp3) is 0.269. The van der Waals surface area contributed by atoms with Gasteiger partial charge >= 0.3 is 0 Å². The number of rotatable bonds is 7. The number of para-hydroxylation sites is 1. The molecule has 29 heavy (non-hydrogen) atoms. The van der Waals surface area contributed by atoms with Crippen molar-refractivity contribution in [2.24, 2.45) is 0 Å². The van der Waals surface area contributed by atoms with E-state index < -0.39 is 6.10 Å². The molecule has 0 fully saturated rings. The number of ether oxygens (including phenoxy) is 1. The van der Waals surface area contributed by atoms with E-state index >= 15 is 0 Å². The van der Waals surface area contributed by atoms with Crippen molar-refractivity contribution in [1.82, 2.24) is 5.32 Å². The first-order valence-corrected chi connectivity index (χ1v) is 10.1. The number of hydrogen-bond donors (Lipinski definition) is 1. The molecule has 0 radical (unpaired) electrons. The van der Waals surface area contributed by atoms with Gasteiger partial charge in [0.25, 0.3) is 5.91 Å². The number of carbonyl (C=O) groups is 1. The van der Waals surface area contributed by atoms with Gasteiger partial charge in [0.1, 0.15) is 5.75 Å². The van der Waals surface area contributed by atoms with Crippen LogP contribution in [0.1, 0.15) is 55.0 Å². The van der Waals surface area contributed by atoms with Crippen molar-refractivity contribution < 1.29 is 9.53 Å². The minimum Gasteiger partial charge on any atom is -0.481 e. The predicted molar refractivity (Wildman–Crippen MR) is 118 cm³/mol. The highest BCUT2D eigenvalue weighted by Crippen LogP contribution is 2.28. The third-order valence-corrected chi connectivity index (χ3v) is 5.13. The Kier molecular flexibility index (Phi) is 6.71. The highest BCUT2D eigenvalue weighted by Gasteiger charge is 2.23. The molecule has 3 heteroatoms. The molecule has 0 aliphatic rings. The first-order chi connectivity index (χ1) is 14.0. The summed E-state index contributed by atoms with van der Waals surface area (Å²) in [6, 6.07) is 25.9. The Labute approximate surface area is 173 Å². The summed E-state index contributed by atoms with van der Waals surface area (Å²) in [5.74, 6) is 0.948. The van der Waals surface area contributed by atoms with Crippen molar-refractivity contribution in [1.29, 1.82) is 0 Å². The Morgan fingerprint density at radius 2 is 1.38 bits per heavy atom. The molecule has 0 saturated carbocycles. The van der Waals surface area contributed by atoms with Crippen LogP contribution in [-0.4, -0.2) is 12.0 Å². The molecular weight excluding hydrogens is 358 g/mol. The first kappa shape index (κ1) is 20.7. The predicted octanol–water partition coefficient (Wildman–Crippen LogP) is 5.79. The summed E-state index contributed by atoms with van der Waals surface area (Å²) < 4.78 is 6.06. The Hall–Kier alpha value is -3.07. The van der Waals surface area contributed by atoms with E-state index in [-0.39, 0.29) is 11.9 Å². The normalized spacial score (nSPS) is 13.0. The summed E-state index contributed by atoms with van der Waals surface area (Å²) in [4.78, 5) is 13.1. The SMILES string of the molecule is Cc1ccccc1[C@H](NC(=O)[C@H](C)Oc1ccccc1C(C)C)c1ccccc1. The molecule has 3 rings (SSSR count). The van der Waals surface area contributed by atoms with Gasteiger partial charge in [0.15, 0.2) is 6.10 Å². The zero-order valence-corrected chi connectivity index (χ0v) is 17.6. The Morgan fingerprint density at radius 3 is 2.03 bits per heavy atom. The topological polar surface area (TPSA) is 38.3 Å². The Bertz CT molecular complexity index is 950. The lowest BCUT2D eigenvalue weighted by Crippen LogP contribution is -2.39. The van der Waals surface area contributed by atoms with Gasteiger partial charge in [0.05, 0.1) is 6.04 Å². The van der Waals surface area contributed by atoms with E-state index in [4.69, 9.17) is 4.74 Å². The zero-order valence-electron chi connectivity index (χ0n) is 17.6. The molecule has 0 unspecified atom stereocenters. The zero-order chi connectivity index (χ0) is 20.8. The van der Waals surface area contributed by atoms with Crippen LogP contribution in [0.3, 0.4) is 0 Å². The van der Waals surface area contributed by atoms with Crippen LogP contribution in [0.4, 0.5) is 0 Å². The molecular formula is C26H29NO2. The van der Waals surface area contributed by atoms with Crippen molar-refractivity contribution in [3.63, 3.8) is 0 Å². The van der Waals surface area contributed by atoms with Crippen molar-refractivity contribution in [3.8, 4) is 5.75 Å². The quantitative estimate of drug-likeness (QED) is 0.557. The number of aryl methyl sites for hydroxylation is 1. The summed E-state index contributed by atoms with van der Waals surface area (Å²) in [6.45, 7) is 8.11. The Morgan fingerprint density at radius 1 is 0.793 bits per heavy atom. The van der Waals surface area contributed by atoms with Gasteiger partial charge in [0, 0.05) is 0 Å². The van der Waals surface area contributed by atoms with E-state index in [1.54, 1.807) is 6.92 Å². The minimum absolute atomic E-state index is 0.138. The molecule has 2 atom stereocenters. The average Bonchev–Trinajstić information content (AvgIpc) is 2.73. The third-order valence-electron chi connectivity index (χ3n) is 5.13. The van der Waals surface area contributed by atoms with Gasteiger partial charge in [-0.05, 0) is 48.1 Å². The maximum Gasteiger partial charge on any atom is 0.261 e. The second-order valence-electron chi connectivity index (χ2n) is 7.66. The van der Waals surface area contributed by atoms with E-state index in [1.807, 2.05) is 66.7 Å². The second-order valence-corrected chi connectivity index (χ2v) is 7.66. The number of benzene rings is 3. The summed E-state index contributed by atoms with van der Waals surface area (Å²) >= 11 is 0. The molecule has 0 aromatic heterocycles. The van der Waals surface area contributed by atoms with E-state index in [0.29, 0.717) is 5.92 Å². The highest BCUT2D eigenvalue weighted by atomic mass is 16.5. The monoisotopic (exact) mass is 387 g/mol. The summed E-state index contributed by atoms with van der Waals surface area (Å²) in [5.41, 5.74) is 4.37. The smallest absolute Gasteiger partial charge is 0.261 e. The fourth-order valence-electron chi connectivity index (χ4n) is 3.47. The van der Waals surface area contributed by atoms with E-state index in [2.05, 4.69) is 38.2 Å². The number of amides is 1. The van der Waals surface area contributed by atoms with Crippen molar-refractivity contribution in [2.75, 3.05) is 0 Å². The molecule has 0 bridgehead atoms. The molecule has 0 aliphatic carbocycles. The van der Waals surface area contributed by atoms with Crippen molar-refractivity contribution in [2.45, 2.75) is 45.8 Å². The summed E-state index contributed by atoms with van der Waals surface area (Å²) in [6.07, 6.45) is -0.606. The molecule has 1 N–H and O–H groups in total.